The summed E-state index contributed by atoms with van der Waals surface area (Å²) in [6.45, 7) is 7.95. The van der Waals surface area contributed by atoms with E-state index in [1.807, 2.05) is 12.1 Å². The lowest BCUT2D eigenvalue weighted by Gasteiger charge is -2.18. The molecular weight excluding hydrogens is 383 g/mol. The van der Waals surface area contributed by atoms with Crippen LogP contribution in [-0.2, 0) is 0 Å². The fourth-order valence-electron chi connectivity index (χ4n) is 2.84. The Bertz CT molecular complexity index is 775. The van der Waals surface area contributed by atoms with Crippen molar-refractivity contribution in [2.24, 2.45) is 0 Å². The van der Waals surface area contributed by atoms with E-state index in [9.17, 15) is 18.0 Å². The van der Waals surface area contributed by atoms with Crippen molar-refractivity contribution < 1.29 is 22.7 Å². The molecule has 2 rings (SSSR count). The first kappa shape index (κ1) is 22.5. The number of halogens is 3. The maximum absolute atomic E-state index is 12.6. The lowest BCUT2D eigenvalue weighted by molar-refractivity contribution is -0.274. The largest absolute Gasteiger partial charge is 0.573 e. The first-order valence-corrected chi connectivity index (χ1v) is 9.54. The first-order valence-electron chi connectivity index (χ1n) is 9.54. The fourth-order valence-corrected chi connectivity index (χ4v) is 2.84. The predicted molar refractivity (Wildman–Crippen MR) is 108 cm³/mol. The minimum absolute atomic E-state index is 0.342. The lowest BCUT2D eigenvalue weighted by atomic mass is 10.1. The van der Waals surface area contributed by atoms with Crippen molar-refractivity contribution in [1.29, 1.82) is 0 Å². The normalized spacial score (nSPS) is 11.4. The molecule has 0 heterocycles. The Morgan fingerprint density at radius 3 is 2.31 bits per heavy atom. The third-order valence-electron chi connectivity index (χ3n) is 4.38. The van der Waals surface area contributed by atoms with Gasteiger partial charge in [0, 0.05) is 17.9 Å². The number of para-hydroxylation sites is 1. The lowest BCUT2D eigenvalue weighted by Crippen LogP contribution is -2.25. The highest BCUT2D eigenvalue weighted by Gasteiger charge is 2.31. The van der Waals surface area contributed by atoms with E-state index >= 15 is 0 Å². The summed E-state index contributed by atoms with van der Waals surface area (Å²) in [4.78, 5) is 14.9. The van der Waals surface area contributed by atoms with Crippen LogP contribution in [0.1, 0.15) is 30.6 Å². The van der Waals surface area contributed by atoms with E-state index in [1.54, 1.807) is 12.1 Å². The molecule has 2 aromatic rings. The number of carbonyl (C=O) groups is 1. The molecule has 29 heavy (non-hydrogen) atoms. The number of benzene rings is 2. The number of ether oxygens (including phenoxy) is 1. The highest BCUT2D eigenvalue weighted by Crippen LogP contribution is 2.24. The molecule has 5 nitrogen and oxygen atoms in total. The SMILES string of the molecule is CCN(CC)CCCNc1ccccc1C(=O)Nc1ccc(OC(F)(F)F)cc1. The van der Waals surface area contributed by atoms with Crippen LogP contribution in [0.25, 0.3) is 0 Å². The van der Waals surface area contributed by atoms with Gasteiger partial charge >= 0.3 is 6.36 Å². The number of nitrogens with zero attached hydrogens (tertiary/aromatic N) is 1. The molecule has 0 saturated carbocycles. The second-order valence-electron chi connectivity index (χ2n) is 6.38. The number of nitrogens with one attached hydrogen (secondary N) is 2. The molecule has 2 aromatic carbocycles. The van der Waals surface area contributed by atoms with Gasteiger partial charge in [-0.1, -0.05) is 26.0 Å². The second kappa shape index (κ2) is 10.7. The van der Waals surface area contributed by atoms with E-state index < -0.39 is 6.36 Å². The van der Waals surface area contributed by atoms with Crippen molar-refractivity contribution in [2.75, 3.05) is 36.8 Å². The van der Waals surface area contributed by atoms with E-state index in [-0.39, 0.29) is 11.7 Å². The molecule has 0 atom stereocenters. The Morgan fingerprint density at radius 2 is 1.69 bits per heavy atom. The minimum atomic E-state index is -4.75. The van der Waals surface area contributed by atoms with Crippen molar-refractivity contribution in [3.63, 3.8) is 0 Å². The van der Waals surface area contributed by atoms with Crippen molar-refractivity contribution >= 4 is 17.3 Å². The zero-order valence-corrected chi connectivity index (χ0v) is 16.6. The zero-order chi connectivity index (χ0) is 21.3. The van der Waals surface area contributed by atoms with E-state index in [2.05, 4.69) is 34.1 Å². The third-order valence-corrected chi connectivity index (χ3v) is 4.38. The molecule has 158 valence electrons. The van der Waals surface area contributed by atoms with Crippen LogP contribution in [0.2, 0.25) is 0 Å². The summed E-state index contributed by atoms with van der Waals surface area (Å²) in [5.41, 5.74) is 1.55. The van der Waals surface area contributed by atoms with Gasteiger partial charge in [-0.15, -0.1) is 13.2 Å². The van der Waals surface area contributed by atoms with E-state index in [0.717, 1.165) is 44.7 Å². The molecule has 0 saturated heterocycles. The maximum atomic E-state index is 12.6. The molecule has 0 unspecified atom stereocenters. The van der Waals surface area contributed by atoms with Gasteiger partial charge in [0.2, 0.25) is 0 Å². The summed E-state index contributed by atoms with van der Waals surface area (Å²) >= 11 is 0. The van der Waals surface area contributed by atoms with Crippen molar-refractivity contribution in [1.82, 2.24) is 4.90 Å². The molecule has 0 aromatic heterocycles. The number of hydrogen-bond donors (Lipinski definition) is 2. The van der Waals surface area contributed by atoms with Gasteiger partial charge in [0.15, 0.2) is 0 Å². The van der Waals surface area contributed by atoms with Crippen LogP contribution >= 0.6 is 0 Å². The zero-order valence-electron chi connectivity index (χ0n) is 16.6. The average Bonchev–Trinajstić information content (AvgIpc) is 2.69. The quantitative estimate of drug-likeness (QED) is 0.544. The van der Waals surface area contributed by atoms with Crippen LogP contribution in [0.15, 0.2) is 48.5 Å². The topological polar surface area (TPSA) is 53.6 Å². The summed E-state index contributed by atoms with van der Waals surface area (Å²) in [7, 11) is 0. The smallest absolute Gasteiger partial charge is 0.406 e. The van der Waals surface area contributed by atoms with E-state index in [0.29, 0.717) is 16.9 Å². The second-order valence-corrected chi connectivity index (χ2v) is 6.38. The summed E-state index contributed by atoms with van der Waals surface area (Å²) < 4.78 is 40.5. The molecule has 0 aliphatic carbocycles. The molecule has 0 bridgehead atoms. The van der Waals surface area contributed by atoms with Crippen molar-refractivity contribution in [3.05, 3.63) is 54.1 Å². The number of rotatable bonds is 10. The molecule has 0 aliphatic heterocycles. The third kappa shape index (κ3) is 7.65. The Kier molecular flexibility index (Phi) is 8.33. The monoisotopic (exact) mass is 409 g/mol. The van der Waals surface area contributed by atoms with Gasteiger partial charge in [-0.25, -0.2) is 0 Å². The van der Waals surface area contributed by atoms with E-state index in [4.69, 9.17) is 0 Å². The predicted octanol–water partition coefficient (Wildman–Crippen LogP) is 4.98. The summed E-state index contributed by atoms with van der Waals surface area (Å²) in [5, 5.41) is 5.98. The van der Waals surface area contributed by atoms with Crippen molar-refractivity contribution in [3.8, 4) is 5.75 Å². The molecule has 2 N–H and O–H groups in total. The van der Waals surface area contributed by atoms with Gasteiger partial charge in [0.1, 0.15) is 5.75 Å². The van der Waals surface area contributed by atoms with Crippen LogP contribution in [0, 0.1) is 0 Å². The fraction of sp³-hybridized carbons (Fsp3) is 0.381. The number of carbonyl (C=O) groups excluding carboxylic acids is 1. The summed E-state index contributed by atoms with van der Waals surface area (Å²) in [5.74, 6) is -0.688. The van der Waals surface area contributed by atoms with Gasteiger partial charge in [-0.05, 0) is 62.5 Å². The Labute approximate surface area is 168 Å². The summed E-state index contributed by atoms with van der Waals surface area (Å²) in [6.07, 6.45) is -3.81. The molecule has 0 spiro atoms. The molecule has 0 aliphatic rings. The van der Waals surface area contributed by atoms with E-state index in [1.165, 1.54) is 12.1 Å². The molecule has 0 radical (unpaired) electrons. The van der Waals surface area contributed by atoms with Crippen LogP contribution < -0.4 is 15.4 Å². The molecule has 1 amide bonds. The highest BCUT2D eigenvalue weighted by molar-refractivity contribution is 6.08. The average molecular weight is 409 g/mol. The van der Waals surface area contributed by atoms with Gasteiger partial charge in [-0.3, -0.25) is 4.79 Å². The van der Waals surface area contributed by atoms with Crippen LogP contribution in [0.5, 0.6) is 5.75 Å². The van der Waals surface area contributed by atoms with Gasteiger partial charge in [0.25, 0.3) is 5.91 Å². The number of alkyl halides is 3. The number of amides is 1. The minimum Gasteiger partial charge on any atom is -0.406 e. The maximum Gasteiger partial charge on any atom is 0.573 e. The first-order chi connectivity index (χ1) is 13.8. The Balaban J connectivity index is 1.95. The van der Waals surface area contributed by atoms with Gasteiger partial charge in [0.05, 0.1) is 5.56 Å². The van der Waals surface area contributed by atoms with Gasteiger partial charge < -0.3 is 20.3 Å². The standard InChI is InChI=1S/C21H26F3N3O2/c1-3-27(4-2)15-7-14-25-19-9-6-5-8-18(19)20(28)26-16-10-12-17(13-11-16)29-21(22,23)24/h5-6,8-13,25H,3-4,7,14-15H2,1-2H3,(H,26,28). The highest BCUT2D eigenvalue weighted by atomic mass is 19.4. The molecule has 8 heteroatoms. The van der Waals surface area contributed by atoms with Crippen LogP contribution in [0.4, 0.5) is 24.5 Å². The Hall–Kier alpha value is -2.74. The number of hydrogen-bond acceptors (Lipinski definition) is 4. The number of anilines is 2. The Morgan fingerprint density at radius 1 is 1.03 bits per heavy atom. The van der Waals surface area contributed by atoms with Crippen LogP contribution in [-0.4, -0.2) is 43.3 Å². The summed E-state index contributed by atoms with van der Waals surface area (Å²) in [6, 6.07) is 12.2. The van der Waals surface area contributed by atoms with Crippen LogP contribution in [0.3, 0.4) is 0 Å². The van der Waals surface area contributed by atoms with Crippen molar-refractivity contribution in [2.45, 2.75) is 26.6 Å². The van der Waals surface area contributed by atoms with Gasteiger partial charge in [-0.2, -0.15) is 0 Å². The molecular formula is C21H26F3N3O2. The molecule has 0 fully saturated rings.